The van der Waals surface area contributed by atoms with Gasteiger partial charge in [-0.3, -0.25) is 0 Å². The highest BCUT2D eigenvalue weighted by atomic mass is 16.1. The smallest absolute Gasteiger partial charge is 0.323 e. The van der Waals surface area contributed by atoms with Crippen LogP contribution in [0, 0.1) is 17.2 Å². The number of aromatic nitrogens is 2. The van der Waals surface area contributed by atoms with Crippen LogP contribution in [0.4, 0.5) is 5.69 Å². The van der Waals surface area contributed by atoms with Crippen LogP contribution in [0.1, 0.15) is 13.3 Å². The van der Waals surface area contributed by atoms with Crippen molar-refractivity contribution in [3.8, 4) is 6.07 Å². The van der Waals surface area contributed by atoms with E-state index < -0.39 is 0 Å². The summed E-state index contributed by atoms with van der Waals surface area (Å²) in [6.45, 7) is 2.61. The molecular formula is C12H14N4O. The zero-order valence-electron chi connectivity index (χ0n) is 9.58. The molecular weight excluding hydrogens is 216 g/mol. The average Bonchev–Trinajstić information content (AvgIpc) is 2.69. The van der Waals surface area contributed by atoms with Crippen LogP contribution in [0.5, 0.6) is 0 Å². The van der Waals surface area contributed by atoms with E-state index in [4.69, 9.17) is 5.26 Å². The molecule has 0 spiro atoms. The summed E-state index contributed by atoms with van der Waals surface area (Å²) in [5, 5.41) is 12.0. The fourth-order valence-electron chi connectivity index (χ4n) is 1.66. The Morgan fingerprint density at radius 1 is 1.41 bits per heavy atom. The highest BCUT2D eigenvalue weighted by molar-refractivity contribution is 5.78. The summed E-state index contributed by atoms with van der Waals surface area (Å²) in [6, 6.07) is 7.82. The summed E-state index contributed by atoms with van der Waals surface area (Å²) < 4.78 is 0. The van der Waals surface area contributed by atoms with Crippen molar-refractivity contribution in [2.45, 2.75) is 13.3 Å². The molecule has 0 radical (unpaired) electrons. The van der Waals surface area contributed by atoms with Crippen LogP contribution in [0.25, 0.3) is 11.0 Å². The van der Waals surface area contributed by atoms with Crippen molar-refractivity contribution in [2.24, 2.45) is 5.92 Å². The van der Waals surface area contributed by atoms with E-state index in [-0.39, 0.29) is 11.6 Å². The quantitative estimate of drug-likeness (QED) is 0.749. The molecule has 0 saturated carbocycles. The van der Waals surface area contributed by atoms with Gasteiger partial charge in [0, 0.05) is 12.2 Å². The molecule has 5 heteroatoms. The van der Waals surface area contributed by atoms with E-state index in [1.165, 1.54) is 0 Å². The zero-order valence-corrected chi connectivity index (χ0v) is 9.58. The molecule has 3 N–H and O–H groups in total. The number of rotatable bonds is 4. The fourth-order valence-corrected chi connectivity index (χ4v) is 1.66. The number of hydrogen-bond donors (Lipinski definition) is 3. The summed E-state index contributed by atoms with van der Waals surface area (Å²) in [6.07, 6.45) is 0.826. The minimum absolute atomic E-state index is 0.0102. The lowest BCUT2D eigenvalue weighted by Crippen LogP contribution is -2.11. The summed E-state index contributed by atoms with van der Waals surface area (Å²) in [7, 11) is 0. The van der Waals surface area contributed by atoms with E-state index >= 15 is 0 Å². The molecule has 0 saturated heterocycles. The number of nitrogens with zero attached hydrogens (tertiary/aromatic N) is 1. The van der Waals surface area contributed by atoms with Gasteiger partial charge in [0.15, 0.2) is 0 Å². The van der Waals surface area contributed by atoms with Gasteiger partial charge in [-0.2, -0.15) is 5.26 Å². The molecule has 1 aromatic carbocycles. The molecule has 0 amide bonds. The lowest BCUT2D eigenvalue weighted by atomic mass is 10.1. The first-order valence-electron chi connectivity index (χ1n) is 5.58. The van der Waals surface area contributed by atoms with E-state index in [0.717, 1.165) is 23.1 Å². The van der Waals surface area contributed by atoms with Crippen LogP contribution >= 0.6 is 0 Å². The number of nitriles is 1. The Morgan fingerprint density at radius 2 is 2.18 bits per heavy atom. The highest BCUT2D eigenvalue weighted by Crippen LogP contribution is 2.15. The standard InChI is InChI=1S/C12H14N4O/c1-2-8(6-13)7-14-9-3-4-10-11(5-9)16-12(17)15-10/h3-5,8,14H,2,7H2,1H3,(H2,15,16,17). The average molecular weight is 230 g/mol. The topological polar surface area (TPSA) is 84.5 Å². The van der Waals surface area contributed by atoms with Gasteiger partial charge in [0.25, 0.3) is 0 Å². The molecule has 17 heavy (non-hydrogen) atoms. The molecule has 0 bridgehead atoms. The number of imidazole rings is 1. The third-order valence-corrected chi connectivity index (χ3v) is 2.74. The van der Waals surface area contributed by atoms with Crippen molar-refractivity contribution in [1.29, 1.82) is 5.26 Å². The Hall–Kier alpha value is -2.22. The molecule has 0 aliphatic heterocycles. The lowest BCUT2D eigenvalue weighted by molar-refractivity contribution is 0.674. The first-order valence-corrected chi connectivity index (χ1v) is 5.58. The van der Waals surface area contributed by atoms with Crippen molar-refractivity contribution in [3.63, 3.8) is 0 Å². The molecule has 0 aliphatic carbocycles. The monoisotopic (exact) mass is 230 g/mol. The first kappa shape index (κ1) is 11.3. The molecule has 1 heterocycles. The minimum atomic E-state index is -0.208. The van der Waals surface area contributed by atoms with Gasteiger partial charge in [-0.1, -0.05) is 6.92 Å². The molecule has 1 atom stereocenters. The SMILES string of the molecule is CCC(C#N)CNc1ccc2[nH]c(=O)[nH]c2c1. The maximum absolute atomic E-state index is 11.1. The number of benzene rings is 1. The van der Waals surface area contributed by atoms with Gasteiger partial charge >= 0.3 is 5.69 Å². The maximum Gasteiger partial charge on any atom is 0.323 e. The van der Waals surface area contributed by atoms with E-state index in [1.54, 1.807) is 0 Å². The Balaban J connectivity index is 2.14. The fraction of sp³-hybridized carbons (Fsp3) is 0.333. The van der Waals surface area contributed by atoms with E-state index in [9.17, 15) is 4.79 Å². The minimum Gasteiger partial charge on any atom is -0.384 e. The van der Waals surface area contributed by atoms with Crippen LogP contribution in [-0.4, -0.2) is 16.5 Å². The number of H-pyrrole nitrogens is 2. The maximum atomic E-state index is 11.1. The number of hydrogen-bond acceptors (Lipinski definition) is 3. The van der Waals surface area contributed by atoms with Crippen molar-refractivity contribution in [2.75, 3.05) is 11.9 Å². The van der Waals surface area contributed by atoms with Crippen LogP contribution in [0.2, 0.25) is 0 Å². The Bertz CT molecular complexity index is 605. The second-order valence-electron chi connectivity index (χ2n) is 3.95. The second kappa shape index (κ2) is 4.74. The van der Waals surface area contributed by atoms with Gasteiger partial charge in [0.1, 0.15) is 0 Å². The zero-order chi connectivity index (χ0) is 12.3. The lowest BCUT2D eigenvalue weighted by Gasteiger charge is -2.09. The Labute approximate surface area is 98.5 Å². The molecule has 2 aromatic rings. The third-order valence-electron chi connectivity index (χ3n) is 2.74. The van der Waals surface area contributed by atoms with E-state index in [1.807, 2.05) is 25.1 Å². The molecule has 88 valence electrons. The van der Waals surface area contributed by atoms with Gasteiger partial charge in [-0.15, -0.1) is 0 Å². The first-order chi connectivity index (χ1) is 8.22. The van der Waals surface area contributed by atoms with Crippen LogP contribution < -0.4 is 11.0 Å². The molecule has 1 unspecified atom stereocenters. The number of nitrogens with one attached hydrogen (secondary N) is 3. The molecule has 0 aliphatic rings. The van der Waals surface area contributed by atoms with Gasteiger partial charge in [-0.05, 0) is 24.6 Å². The Kier molecular flexibility index (Phi) is 3.15. The summed E-state index contributed by atoms with van der Waals surface area (Å²) in [4.78, 5) is 16.5. The number of anilines is 1. The van der Waals surface area contributed by atoms with Crippen molar-refractivity contribution in [1.82, 2.24) is 9.97 Å². The van der Waals surface area contributed by atoms with Gasteiger partial charge in [0.2, 0.25) is 0 Å². The summed E-state index contributed by atoms with van der Waals surface area (Å²) >= 11 is 0. The summed E-state index contributed by atoms with van der Waals surface area (Å²) in [5.41, 5.74) is 2.25. The number of fused-ring (bicyclic) bond motifs is 1. The third kappa shape index (κ3) is 2.48. The molecule has 5 nitrogen and oxygen atoms in total. The largest absolute Gasteiger partial charge is 0.384 e. The number of aromatic amines is 2. The van der Waals surface area contributed by atoms with Crippen molar-refractivity contribution < 1.29 is 0 Å². The van der Waals surface area contributed by atoms with E-state index in [0.29, 0.717) is 6.54 Å². The van der Waals surface area contributed by atoms with E-state index in [2.05, 4.69) is 21.4 Å². The van der Waals surface area contributed by atoms with Crippen LogP contribution in [0.15, 0.2) is 23.0 Å². The van der Waals surface area contributed by atoms with Gasteiger partial charge < -0.3 is 15.3 Å². The second-order valence-corrected chi connectivity index (χ2v) is 3.95. The predicted octanol–water partition coefficient (Wildman–Crippen LogP) is 1.82. The Morgan fingerprint density at radius 3 is 2.88 bits per heavy atom. The van der Waals surface area contributed by atoms with Crippen LogP contribution in [0.3, 0.4) is 0 Å². The van der Waals surface area contributed by atoms with Gasteiger partial charge in [0.05, 0.1) is 23.0 Å². The normalized spacial score (nSPS) is 12.2. The van der Waals surface area contributed by atoms with Crippen LogP contribution in [-0.2, 0) is 0 Å². The van der Waals surface area contributed by atoms with Gasteiger partial charge in [-0.25, -0.2) is 4.79 Å². The summed E-state index contributed by atoms with van der Waals surface area (Å²) in [5.74, 6) is 0.0102. The molecule has 1 aromatic heterocycles. The predicted molar refractivity (Wildman–Crippen MR) is 66.8 cm³/mol. The molecule has 0 fully saturated rings. The molecule has 2 rings (SSSR count). The van der Waals surface area contributed by atoms with Crippen molar-refractivity contribution >= 4 is 16.7 Å². The highest BCUT2D eigenvalue weighted by Gasteiger charge is 2.04. The van der Waals surface area contributed by atoms with Crippen molar-refractivity contribution in [3.05, 3.63) is 28.7 Å².